The van der Waals surface area contributed by atoms with Gasteiger partial charge in [-0.25, -0.2) is 0 Å². The summed E-state index contributed by atoms with van der Waals surface area (Å²) in [6.45, 7) is 0. The van der Waals surface area contributed by atoms with Crippen molar-refractivity contribution in [2.45, 2.75) is 44.6 Å². The lowest BCUT2D eigenvalue weighted by atomic mass is 9.60. The van der Waals surface area contributed by atoms with Crippen molar-refractivity contribution >= 4 is 5.97 Å². The molecule has 13 heavy (non-hydrogen) atoms. The van der Waals surface area contributed by atoms with Gasteiger partial charge in [0.05, 0.1) is 11.5 Å². The smallest absolute Gasteiger partial charge is 0.312 e. The van der Waals surface area contributed by atoms with Crippen LogP contribution in [0.3, 0.4) is 0 Å². The maximum atomic E-state index is 11.1. The van der Waals surface area contributed by atoms with Gasteiger partial charge in [-0.3, -0.25) is 4.79 Å². The van der Waals surface area contributed by atoms with Gasteiger partial charge in [-0.05, 0) is 31.6 Å². The first-order valence-electron chi connectivity index (χ1n) is 5.06. The lowest BCUT2D eigenvalue weighted by molar-refractivity contribution is -0.166. The first-order chi connectivity index (χ1) is 6.15. The van der Waals surface area contributed by atoms with E-state index in [1.807, 2.05) is 0 Å². The number of hydrogen-bond acceptors (Lipinski definition) is 2. The zero-order valence-corrected chi connectivity index (χ0v) is 7.70. The number of carbonyl (C=O) groups is 1. The minimum Gasteiger partial charge on any atom is -0.481 e. The molecule has 74 valence electrons. The van der Waals surface area contributed by atoms with Crippen LogP contribution in [0.2, 0.25) is 0 Å². The highest BCUT2D eigenvalue weighted by molar-refractivity contribution is 5.75. The van der Waals surface area contributed by atoms with Crippen LogP contribution in [-0.2, 0) is 4.79 Å². The van der Waals surface area contributed by atoms with Crippen molar-refractivity contribution in [3.63, 3.8) is 0 Å². The Balaban J connectivity index is 2.25. The standard InChI is InChI=1S/C10H16O3/c11-8-4-3-7-2-1-5-10(8,6-7)9(12)13/h7-8,11H,1-6H2,(H,12,13). The van der Waals surface area contributed by atoms with Crippen molar-refractivity contribution in [2.75, 3.05) is 0 Å². The zero-order valence-electron chi connectivity index (χ0n) is 7.70. The Bertz CT molecular complexity index is 226. The number of hydrogen-bond donors (Lipinski definition) is 2. The summed E-state index contributed by atoms with van der Waals surface area (Å²) in [5, 5.41) is 18.9. The first-order valence-corrected chi connectivity index (χ1v) is 5.06. The van der Waals surface area contributed by atoms with Gasteiger partial charge < -0.3 is 10.2 Å². The van der Waals surface area contributed by atoms with Crippen LogP contribution in [0, 0.1) is 11.3 Å². The molecule has 0 heterocycles. The summed E-state index contributed by atoms with van der Waals surface area (Å²) in [5.74, 6) is -0.238. The third-order valence-electron chi connectivity index (χ3n) is 3.80. The van der Waals surface area contributed by atoms with E-state index in [1.54, 1.807) is 0 Å². The molecule has 0 radical (unpaired) electrons. The minimum atomic E-state index is -0.791. The Labute approximate surface area is 77.8 Å². The topological polar surface area (TPSA) is 57.5 Å². The van der Waals surface area contributed by atoms with Gasteiger partial charge in [0.25, 0.3) is 0 Å². The normalized spacial score (nSPS) is 44.4. The molecule has 3 atom stereocenters. The maximum absolute atomic E-state index is 11.1. The van der Waals surface area contributed by atoms with Crippen LogP contribution in [0.25, 0.3) is 0 Å². The summed E-state index contributed by atoms with van der Waals surface area (Å²) in [5.41, 5.74) is -0.791. The van der Waals surface area contributed by atoms with Crippen LogP contribution in [-0.4, -0.2) is 22.3 Å². The summed E-state index contributed by atoms with van der Waals surface area (Å²) in [6.07, 6.45) is 4.56. The van der Waals surface area contributed by atoms with Crippen molar-refractivity contribution in [1.82, 2.24) is 0 Å². The van der Waals surface area contributed by atoms with E-state index in [-0.39, 0.29) is 0 Å². The predicted molar refractivity (Wildman–Crippen MR) is 47.3 cm³/mol. The lowest BCUT2D eigenvalue weighted by Crippen LogP contribution is -2.49. The van der Waals surface area contributed by atoms with Crippen molar-refractivity contribution in [3.8, 4) is 0 Å². The van der Waals surface area contributed by atoms with E-state index in [9.17, 15) is 9.90 Å². The molecule has 2 bridgehead atoms. The highest BCUT2D eigenvalue weighted by Crippen LogP contribution is 2.49. The van der Waals surface area contributed by atoms with Crippen molar-refractivity contribution < 1.29 is 15.0 Å². The van der Waals surface area contributed by atoms with E-state index >= 15 is 0 Å². The molecule has 3 nitrogen and oxygen atoms in total. The van der Waals surface area contributed by atoms with Crippen molar-refractivity contribution in [2.24, 2.45) is 11.3 Å². The van der Waals surface area contributed by atoms with Crippen LogP contribution < -0.4 is 0 Å². The Morgan fingerprint density at radius 1 is 1.31 bits per heavy atom. The van der Waals surface area contributed by atoms with E-state index in [4.69, 9.17) is 5.11 Å². The molecular weight excluding hydrogens is 168 g/mol. The predicted octanol–water partition coefficient (Wildman–Crippen LogP) is 1.40. The third kappa shape index (κ3) is 1.26. The zero-order chi connectivity index (χ0) is 9.47. The van der Waals surface area contributed by atoms with Crippen LogP contribution in [0.4, 0.5) is 0 Å². The van der Waals surface area contributed by atoms with Crippen LogP contribution in [0.15, 0.2) is 0 Å². The highest BCUT2D eigenvalue weighted by Gasteiger charge is 2.50. The van der Waals surface area contributed by atoms with Crippen LogP contribution in [0.1, 0.15) is 38.5 Å². The van der Waals surface area contributed by atoms with Crippen molar-refractivity contribution in [1.29, 1.82) is 0 Å². The van der Waals surface area contributed by atoms with Gasteiger partial charge in [0.15, 0.2) is 0 Å². The number of aliphatic hydroxyl groups excluding tert-OH is 1. The number of carboxylic acid groups (broad SMARTS) is 1. The number of aliphatic carboxylic acids is 1. The van der Waals surface area contributed by atoms with Gasteiger partial charge in [-0.1, -0.05) is 12.8 Å². The molecule has 3 unspecified atom stereocenters. The molecule has 3 heteroatoms. The number of fused-ring (bicyclic) bond motifs is 2. The minimum absolute atomic E-state index is 0.549. The molecule has 2 fully saturated rings. The molecule has 2 saturated carbocycles. The van der Waals surface area contributed by atoms with Gasteiger partial charge in [0.1, 0.15) is 0 Å². The van der Waals surface area contributed by atoms with E-state index in [0.29, 0.717) is 25.2 Å². The van der Waals surface area contributed by atoms with Gasteiger partial charge in [0.2, 0.25) is 0 Å². The summed E-state index contributed by atoms with van der Waals surface area (Å²) < 4.78 is 0. The molecule has 0 aromatic carbocycles. The summed E-state index contributed by atoms with van der Waals surface area (Å²) in [4.78, 5) is 11.1. The largest absolute Gasteiger partial charge is 0.481 e. The number of carboxylic acids is 1. The summed E-state index contributed by atoms with van der Waals surface area (Å²) in [6, 6.07) is 0. The quantitative estimate of drug-likeness (QED) is 0.647. The molecular formula is C10H16O3. The molecule has 0 aromatic heterocycles. The second-order valence-electron chi connectivity index (χ2n) is 4.52. The Morgan fingerprint density at radius 2 is 2.08 bits per heavy atom. The Hall–Kier alpha value is -0.570. The SMILES string of the molecule is O=C(O)C12CCCC(CCC1O)C2. The van der Waals surface area contributed by atoms with E-state index in [2.05, 4.69) is 0 Å². The number of aliphatic hydroxyl groups is 1. The molecule has 0 aliphatic heterocycles. The molecule has 2 aliphatic carbocycles. The molecule has 2 N–H and O–H groups in total. The van der Waals surface area contributed by atoms with Crippen LogP contribution in [0.5, 0.6) is 0 Å². The van der Waals surface area contributed by atoms with E-state index in [0.717, 1.165) is 19.3 Å². The molecule has 0 spiro atoms. The fraction of sp³-hybridized carbons (Fsp3) is 0.900. The molecule has 0 amide bonds. The van der Waals surface area contributed by atoms with Gasteiger partial charge in [-0.15, -0.1) is 0 Å². The maximum Gasteiger partial charge on any atom is 0.312 e. The lowest BCUT2D eigenvalue weighted by Gasteiger charge is -2.45. The number of rotatable bonds is 1. The average Bonchev–Trinajstić information content (AvgIpc) is 2.12. The average molecular weight is 184 g/mol. The fourth-order valence-corrected chi connectivity index (χ4v) is 2.98. The Kier molecular flexibility index (Phi) is 2.06. The second-order valence-corrected chi connectivity index (χ2v) is 4.52. The second kappa shape index (κ2) is 2.98. The fourth-order valence-electron chi connectivity index (χ4n) is 2.98. The van der Waals surface area contributed by atoms with Gasteiger partial charge >= 0.3 is 5.97 Å². The Morgan fingerprint density at radius 3 is 2.69 bits per heavy atom. The van der Waals surface area contributed by atoms with Crippen LogP contribution >= 0.6 is 0 Å². The summed E-state index contributed by atoms with van der Waals surface area (Å²) in [7, 11) is 0. The molecule has 2 aliphatic rings. The van der Waals surface area contributed by atoms with E-state index in [1.165, 1.54) is 0 Å². The van der Waals surface area contributed by atoms with E-state index < -0.39 is 17.5 Å². The van der Waals surface area contributed by atoms with Gasteiger partial charge in [0, 0.05) is 0 Å². The third-order valence-corrected chi connectivity index (χ3v) is 3.80. The van der Waals surface area contributed by atoms with Gasteiger partial charge in [-0.2, -0.15) is 0 Å². The molecule has 0 aromatic rings. The highest BCUT2D eigenvalue weighted by atomic mass is 16.4. The summed E-state index contributed by atoms with van der Waals surface area (Å²) >= 11 is 0. The molecule has 2 rings (SSSR count). The molecule has 0 saturated heterocycles. The monoisotopic (exact) mass is 184 g/mol. The first kappa shape index (κ1) is 9.00. The van der Waals surface area contributed by atoms with Crippen molar-refractivity contribution in [3.05, 3.63) is 0 Å².